The third-order valence-corrected chi connectivity index (χ3v) is 2.75. The summed E-state index contributed by atoms with van der Waals surface area (Å²) in [5, 5.41) is 11.5. The Kier molecular flexibility index (Phi) is 4.30. The van der Waals surface area contributed by atoms with Crippen molar-refractivity contribution in [3.63, 3.8) is 0 Å². The highest BCUT2D eigenvalue weighted by molar-refractivity contribution is 5.92. The van der Waals surface area contributed by atoms with Crippen LogP contribution >= 0.6 is 0 Å². The summed E-state index contributed by atoms with van der Waals surface area (Å²) in [5.74, 6) is -1.08. The second kappa shape index (κ2) is 6.14. The quantitative estimate of drug-likeness (QED) is 0.833. The van der Waals surface area contributed by atoms with Crippen molar-refractivity contribution in [1.29, 1.82) is 0 Å². The van der Waals surface area contributed by atoms with Crippen LogP contribution in [-0.4, -0.2) is 53.3 Å². The topological polar surface area (TPSA) is 91.8 Å². The molecule has 19 heavy (non-hydrogen) atoms. The minimum absolute atomic E-state index is 0.0389. The summed E-state index contributed by atoms with van der Waals surface area (Å²) in [5.41, 5.74) is 0.409. The van der Waals surface area contributed by atoms with Crippen LogP contribution in [0.25, 0.3) is 0 Å². The third kappa shape index (κ3) is 3.65. The Balaban J connectivity index is 2.01. The SMILES string of the molecule is O=C(O)c1cncc(NC(=O)N2CCCOCC2)c1. The van der Waals surface area contributed by atoms with Gasteiger partial charge in [0.1, 0.15) is 0 Å². The number of pyridine rings is 1. The van der Waals surface area contributed by atoms with Crippen LogP contribution in [0.2, 0.25) is 0 Å². The number of rotatable bonds is 2. The van der Waals surface area contributed by atoms with E-state index in [9.17, 15) is 9.59 Å². The van der Waals surface area contributed by atoms with Gasteiger partial charge in [0.25, 0.3) is 0 Å². The molecule has 0 saturated carbocycles. The Morgan fingerprint density at radius 2 is 2.16 bits per heavy atom. The van der Waals surface area contributed by atoms with Gasteiger partial charge in [-0.2, -0.15) is 0 Å². The molecule has 1 aromatic heterocycles. The first-order valence-electron chi connectivity index (χ1n) is 5.99. The van der Waals surface area contributed by atoms with Crippen molar-refractivity contribution in [3.05, 3.63) is 24.0 Å². The number of nitrogens with one attached hydrogen (secondary N) is 1. The summed E-state index contributed by atoms with van der Waals surface area (Å²) >= 11 is 0. The van der Waals surface area contributed by atoms with E-state index in [1.807, 2.05) is 0 Å². The predicted octanol–water partition coefficient (Wildman–Crippen LogP) is 1.03. The predicted molar refractivity (Wildman–Crippen MR) is 67.2 cm³/mol. The van der Waals surface area contributed by atoms with Crippen LogP contribution < -0.4 is 5.32 Å². The van der Waals surface area contributed by atoms with Crippen LogP contribution in [0.5, 0.6) is 0 Å². The number of anilines is 1. The Morgan fingerprint density at radius 3 is 2.95 bits per heavy atom. The van der Waals surface area contributed by atoms with Gasteiger partial charge in [0, 0.05) is 25.9 Å². The molecule has 7 heteroatoms. The molecule has 0 bridgehead atoms. The monoisotopic (exact) mass is 265 g/mol. The third-order valence-electron chi connectivity index (χ3n) is 2.75. The van der Waals surface area contributed by atoms with Crippen molar-refractivity contribution in [2.75, 3.05) is 31.6 Å². The van der Waals surface area contributed by atoms with Gasteiger partial charge in [-0.1, -0.05) is 0 Å². The molecule has 1 fully saturated rings. The highest BCUT2D eigenvalue weighted by atomic mass is 16.5. The molecular formula is C12H15N3O4. The lowest BCUT2D eigenvalue weighted by atomic mass is 10.2. The van der Waals surface area contributed by atoms with Gasteiger partial charge in [0.15, 0.2) is 0 Å². The van der Waals surface area contributed by atoms with Crippen molar-refractivity contribution in [1.82, 2.24) is 9.88 Å². The molecule has 2 N–H and O–H groups in total. The van der Waals surface area contributed by atoms with Gasteiger partial charge in [-0.3, -0.25) is 4.98 Å². The molecular weight excluding hydrogens is 250 g/mol. The number of urea groups is 1. The molecule has 1 aliphatic rings. The number of ether oxygens (including phenoxy) is 1. The Bertz CT molecular complexity index is 470. The van der Waals surface area contributed by atoms with E-state index in [0.29, 0.717) is 32.0 Å². The molecule has 2 heterocycles. The highest BCUT2D eigenvalue weighted by Gasteiger charge is 2.16. The first-order chi connectivity index (χ1) is 9.16. The maximum absolute atomic E-state index is 12.0. The van der Waals surface area contributed by atoms with E-state index < -0.39 is 5.97 Å². The number of carbonyl (C=O) groups is 2. The molecule has 7 nitrogen and oxygen atoms in total. The average Bonchev–Trinajstić information content (AvgIpc) is 2.68. The van der Waals surface area contributed by atoms with Crippen LogP contribution in [0, 0.1) is 0 Å². The van der Waals surface area contributed by atoms with Crippen molar-refractivity contribution in [2.24, 2.45) is 0 Å². The number of carbonyl (C=O) groups excluding carboxylic acids is 1. The standard InChI is InChI=1S/C12H15N3O4/c16-11(17)9-6-10(8-13-7-9)14-12(18)15-2-1-4-19-5-3-15/h6-8H,1-5H2,(H,14,18)(H,16,17). The number of amides is 2. The number of nitrogens with zero attached hydrogens (tertiary/aromatic N) is 2. The summed E-state index contributed by atoms with van der Waals surface area (Å²) in [4.78, 5) is 28.2. The summed E-state index contributed by atoms with van der Waals surface area (Å²) in [6.07, 6.45) is 3.44. The van der Waals surface area contributed by atoms with Crippen LogP contribution in [-0.2, 0) is 4.74 Å². The Morgan fingerprint density at radius 1 is 1.32 bits per heavy atom. The number of carboxylic acid groups (broad SMARTS) is 1. The maximum atomic E-state index is 12.0. The largest absolute Gasteiger partial charge is 0.478 e. The van der Waals surface area contributed by atoms with Gasteiger partial charge in [-0.05, 0) is 12.5 Å². The number of hydrogen-bond donors (Lipinski definition) is 2. The van der Waals surface area contributed by atoms with E-state index in [2.05, 4.69) is 10.3 Å². The fraction of sp³-hybridized carbons (Fsp3) is 0.417. The Hall–Kier alpha value is -2.15. The zero-order chi connectivity index (χ0) is 13.7. The minimum Gasteiger partial charge on any atom is -0.478 e. The molecule has 0 atom stereocenters. The zero-order valence-corrected chi connectivity index (χ0v) is 10.3. The van der Waals surface area contributed by atoms with Gasteiger partial charge in [-0.15, -0.1) is 0 Å². The van der Waals surface area contributed by atoms with E-state index in [4.69, 9.17) is 9.84 Å². The molecule has 2 rings (SSSR count). The number of carboxylic acids is 1. The van der Waals surface area contributed by atoms with Gasteiger partial charge in [-0.25, -0.2) is 9.59 Å². The molecule has 1 aromatic rings. The van der Waals surface area contributed by atoms with Crippen LogP contribution in [0.3, 0.4) is 0 Å². The van der Waals surface area contributed by atoms with E-state index in [0.717, 1.165) is 6.42 Å². The fourth-order valence-corrected chi connectivity index (χ4v) is 1.78. The van der Waals surface area contributed by atoms with E-state index in [-0.39, 0.29) is 11.6 Å². The number of hydrogen-bond acceptors (Lipinski definition) is 4. The lowest BCUT2D eigenvalue weighted by molar-refractivity contribution is 0.0696. The summed E-state index contributed by atoms with van der Waals surface area (Å²) in [6, 6.07) is 1.11. The molecule has 102 valence electrons. The van der Waals surface area contributed by atoms with E-state index >= 15 is 0 Å². The van der Waals surface area contributed by atoms with E-state index in [1.54, 1.807) is 4.90 Å². The second-order valence-electron chi connectivity index (χ2n) is 4.15. The van der Waals surface area contributed by atoms with Gasteiger partial charge in [0.2, 0.25) is 0 Å². The first kappa shape index (κ1) is 13.3. The van der Waals surface area contributed by atoms with Gasteiger partial charge in [0.05, 0.1) is 24.1 Å². The molecule has 0 radical (unpaired) electrons. The number of aromatic nitrogens is 1. The molecule has 0 spiro atoms. The average molecular weight is 265 g/mol. The van der Waals surface area contributed by atoms with Crippen molar-refractivity contribution < 1.29 is 19.4 Å². The molecule has 1 saturated heterocycles. The molecule has 0 unspecified atom stereocenters. The van der Waals surface area contributed by atoms with Crippen LogP contribution in [0.15, 0.2) is 18.5 Å². The maximum Gasteiger partial charge on any atom is 0.337 e. The van der Waals surface area contributed by atoms with Gasteiger partial charge >= 0.3 is 12.0 Å². The first-order valence-corrected chi connectivity index (χ1v) is 5.99. The van der Waals surface area contributed by atoms with Crippen LogP contribution in [0.4, 0.5) is 10.5 Å². The van der Waals surface area contributed by atoms with Crippen molar-refractivity contribution in [3.8, 4) is 0 Å². The lowest BCUT2D eigenvalue weighted by Crippen LogP contribution is -2.36. The van der Waals surface area contributed by atoms with E-state index in [1.165, 1.54) is 18.5 Å². The summed E-state index contributed by atoms with van der Waals surface area (Å²) in [6.45, 7) is 2.32. The van der Waals surface area contributed by atoms with Crippen LogP contribution in [0.1, 0.15) is 16.8 Å². The fourth-order valence-electron chi connectivity index (χ4n) is 1.78. The summed E-state index contributed by atoms with van der Waals surface area (Å²) in [7, 11) is 0. The molecule has 1 aliphatic heterocycles. The minimum atomic E-state index is -1.08. The lowest BCUT2D eigenvalue weighted by Gasteiger charge is -2.20. The summed E-state index contributed by atoms with van der Waals surface area (Å²) < 4.78 is 5.26. The number of aromatic carboxylic acids is 1. The molecule has 2 amide bonds. The highest BCUT2D eigenvalue weighted by Crippen LogP contribution is 2.10. The van der Waals surface area contributed by atoms with Gasteiger partial charge < -0.3 is 20.1 Å². The molecule has 0 aromatic carbocycles. The second-order valence-corrected chi connectivity index (χ2v) is 4.15. The molecule has 0 aliphatic carbocycles. The zero-order valence-electron chi connectivity index (χ0n) is 10.3. The Labute approximate surface area is 110 Å². The van der Waals surface area contributed by atoms with Crippen molar-refractivity contribution >= 4 is 17.7 Å². The van der Waals surface area contributed by atoms with Crippen molar-refractivity contribution in [2.45, 2.75) is 6.42 Å². The smallest absolute Gasteiger partial charge is 0.337 e. The normalized spacial score (nSPS) is 15.7.